The average molecular weight is 269 g/mol. The van der Waals surface area contributed by atoms with Crippen LogP contribution in [0.4, 0.5) is 4.39 Å². The van der Waals surface area contributed by atoms with Crippen molar-refractivity contribution in [2.24, 2.45) is 5.92 Å². The maximum Gasteiger partial charge on any atom is 0.123 e. The van der Waals surface area contributed by atoms with Crippen LogP contribution in [0.25, 0.3) is 0 Å². The van der Waals surface area contributed by atoms with E-state index >= 15 is 0 Å². The first-order valence-corrected chi connectivity index (χ1v) is 7.00. The van der Waals surface area contributed by atoms with Gasteiger partial charge < -0.3 is 5.32 Å². The molecule has 2 unspecified atom stereocenters. The van der Waals surface area contributed by atoms with E-state index in [9.17, 15) is 4.39 Å². The Balaban J connectivity index is 1.68. The maximum atomic E-state index is 13.2. The summed E-state index contributed by atoms with van der Waals surface area (Å²) < 4.78 is 13.2. The first-order chi connectivity index (χ1) is 8.72. The lowest BCUT2D eigenvalue weighted by molar-refractivity contribution is 0.312. The molecule has 2 fully saturated rings. The van der Waals surface area contributed by atoms with Crippen LogP contribution in [0.3, 0.4) is 0 Å². The molecule has 2 heterocycles. The molecule has 2 atom stereocenters. The molecule has 0 aliphatic carbocycles. The van der Waals surface area contributed by atoms with E-state index < -0.39 is 0 Å². The zero-order valence-electron chi connectivity index (χ0n) is 10.3. The number of benzene rings is 1. The third kappa shape index (κ3) is 2.53. The second kappa shape index (κ2) is 5.16. The van der Waals surface area contributed by atoms with E-state index in [1.807, 2.05) is 0 Å². The first kappa shape index (κ1) is 12.4. The second-order valence-electron chi connectivity index (χ2n) is 5.39. The third-order valence-electron chi connectivity index (χ3n) is 4.08. The van der Waals surface area contributed by atoms with E-state index in [1.54, 1.807) is 12.1 Å². The number of nitrogens with zero attached hydrogens (tertiary/aromatic N) is 1. The van der Waals surface area contributed by atoms with Gasteiger partial charge in [-0.15, -0.1) is 0 Å². The number of likely N-dealkylation sites (tertiary alicyclic amines) is 1. The van der Waals surface area contributed by atoms with E-state index in [0.29, 0.717) is 11.1 Å². The van der Waals surface area contributed by atoms with E-state index in [1.165, 1.54) is 18.9 Å². The van der Waals surface area contributed by atoms with Gasteiger partial charge in [-0.05, 0) is 49.1 Å². The minimum Gasteiger partial charge on any atom is -0.312 e. The first-order valence-electron chi connectivity index (χ1n) is 6.62. The zero-order chi connectivity index (χ0) is 12.5. The number of halogens is 2. The molecule has 0 saturated carbocycles. The van der Waals surface area contributed by atoms with Crippen LogP contribution < -0.4 is 5.32 Å². The van der Waals surface area contributed by atoms with Crippen molar-refractivity contribution in [3.05, 3.63) is 34.6 Å². The molecule has 18 heavy (non-hydrogen) atoms. The monoisotopic (exact) mass is 268 g/mol. The lowest BCUT2D eigenvalue weighted by atomic mass is 9.94. The molecule has 1 N–H and O–H groups in total. The van der Waals surface area contributed by atoms with Crippen molar-refractivity contribution in [2.75, 3.05) is 19.6 Å². The fourth-order valence-corrected chi connectivity index (χ4v) is 3.35. The highest BCUT2D eigenvalue weighted by atomic mass is 35.5. The van der Waals surface area contributed by atoms with Crippen LogP contribution in [0.1, 0.15) is 18.4 Å². The summed E-state index contributed by atoms with van der Waals surface area (Å²) in [6.45, 7) is 4.04. The van der Waals surface area contributed by atoms with Crippen molar-refractivity contribution >= 4 is 11.6 Å². The van der Waals surface area contributed by atoms with Crippen molar-refractivity contribution < 1.29 is 4.39 Å². The molecule has 0 spiro atoms. The van der Waals surface area contributed by atoms with Gasteiger partial charge in [0.15, 0.2) is 0 Å². The molecule has 2 aliphatic rings. The number of fused-ring (bicyclic) bond motifs is 1. The van der Waals surface area contributed by atoms with Crippen LogP contribution in [0.2, 0.25) is 5.02 Å². The van der Waals surface area contributed by atoms with Crippen molar-refractivity contribution in [1.82, 2.24) is 10.2 Å². The Labute approximate surface area is 112 Å². The number of piperidine rings is 1. The van der Waals surface area contributed by atoms with Crippen molar-refractivity contribution in [1.29, 1.82) is 0 Å². The van der Waals surface area contributed by atoms with Gasteiger partial charge in [0.05, 0.1) is 0 Å². The fourth-order valence-electron chi connectivity index (χ4n) is 3.17. The highest BCUT2D eigenvalue weighted by Gasteiger charge is 2.34. The molecular formula is C14H18ClFN2. The van der Waals surface area contributed by atoms with Gasteiger partial charge in [0.2, 0.25) is 0 Å². The molecule has 0 amide bonds. The van der Waals surface area contributed by atoms with Gasteiger partial charge in [-0.2, -0.15) is 0 Å². The number of rotatable bonds is 2. The van der Waals surface area contributed by atoms with Crippen LogP contribution in [-0.4, -0.2) is 30.6 Å². The Morgan fingerprint density at radius 2 is 2.28 bits per heavy atom. The molecule has 98 valence electrons. The van der Waals surface area contributed by atoms with Gasteiger partial charge >= 0.3 is 0 Å². The molecule has 2 saturated heterocycles. The normalized spacial score (nSPS) is 28.3. The number of hydrogen-bond donors (Lipinski definition) is 1. The summed E-state index contributed by atoms with van der Waals surface area (Å²) in [6.07, 6.45) is 2.58. The summed E-state index contributed by atoms with van der Waals surface area (Å²) in [5.41, 5.74) is 0.898. The number of hydrogen-bond acceptors (Lipinski definition) is 2. The molecule has 0 bridgehead atoms. The predicted octanol–water partition coefficient (Wildman–Crippen LogP) is 2.66. The molecule has 2 nitrogen and oxygen atoms in total. The van der Waals surface area contributed by atoms with Crippen LogP contribution >= 0.6 is 11.6 Å². The topological polar surface area (TPSA) is 15.3 Å². The van der Waals surface area contributed by atoms with E-state index in [0.717, 1.165) is 37.7 Å². The number of nitrogens with one attached hydrogen (secondary N) is 1. The lowest BCUT2D eigenvalue weighted by Crippen LogP contribution is -2.40. The molecular weight excluding hydrogens is 251 g/mol. The molecule has 3 rings (SSSR count). The summed E-state index contributed by atoms with van der Waals surface area (Å²) in [5.74, 6) is 0.551. The summed E-state index contributed by atoms with van der Waals surface area (Å²) in [5, 5.41) is 4.24. The Hall–Kier alpha value is -0.640. The highest BCUT2D eigenvalue weighted by Crippen LogP contribution is 2.27. The Morgan fingerprint density at radius 1 is 1.39 bits per heavy atom. The molecule has 0 radical (unpaired) electrons. The van der Waals surface area contributed by atoms with Crippen molar-refractivity contribution in [2.45, 2.75) is 25.4 Å². The Kier molecular flexibility index (Phi) is 3.55. The molecule has 0 aromatic heterocycles. The van der Waals surface area contributed by atoms with Gasteiger partial charge in [-0.3, -0.25) is 4.90 Å². The van der Waals surface area contributed by atoms with Crippen LogP contribution in [0.5, 0.6) is 0 Å². The largest absolute Gasteiger partial charge is 0.312 e. The van der Waals surface area contributed by atoms with Crippen LogP contribution in [-0.2, 0) is 6.54 Å². The third-order valence-corrected chi connectivity index (χ3v) is 4.45. The Bertz CT molecular complexity index is 424. The summed E-state index contributed by atoms with van der Waals surface area (Å²) >= 11 is 6.12. The van der Waals surface area contributed by atoms with Crippen molar-refractivity contribution in [3.8, 4) is 0 Å². The van der Waals surface area contributed by atoms with Crippen LogP contribution in [0.15, 0.2) is 18.2 Å². The van der Waals surface area contributed by atoms with E-state index in [2.05, 4.69) is 10.2 Å². The maximum absolute atomic E-state index is 13.2. The average Bonchev–Trinajstić information content (AvgIpc) is 2.76. The van der Waals surface area contributed by atoms with Gasteiger partial charge in [0, 0.05) is 30.7 Å². The fraction of sp³-hybridized carbons (Fsp3) is 0.571. The predicted molar refractivity (Wildman–Crippen MR) is 71.2 cm³/mol. The van der Waals surface area contributed by atoms with Gasteiger partial charge in [-0.1, -0.05) is 11.6 Å². The van der Waals surface area contributed by atoms with Gasteiger partial charge in [0.1, 0.15) is 5.82 Å². The minimum atomic E-state index is -0.205. The SMILES string of the molecule is Fc1ccc(Cl)c(CN2CC3CCCNC3C2)c1. The highest BCUT2D eigenvalue weighted by molar-refractivity contribution is 6.31. The van der Waals surface area contributed by atoms with Gasteiger partial charge in [0.25, 0.3) is 0 Å². The lowest BCUT2D eigenvalue weighted by Gasteiger charge is -2.24. The summed E-state index contributed by atoms with van der Waals surface area (Å²) in [7, 11) is 0. The molecule has 2 aliphatic heterocycles. The molecule has 1 aromatic carbocycles. The zero-order valence-corrected chi connectivity index (χ0v) is 11.1. The summed E-state index contributed by atoms with van der Waals surface area (Å²) in [6, 6.07) is 5.23. The van der Waals surface area contributed by atoms with Crippen LogP contribution in [0, 0.1) is 11.7 Å². The minimum absolute atomic E-state index is 0.205. The summed E-state index contributed by atoms with van der Waals surface area (Å²) in [4.78, 5) is 2.38. The van der Waals surface area contributed by atoms with E-state index in [-0.39, 0.29) is 5.82 Å². The molecule has 1 aromatic rings. The quantitative estimate of drug-likeness (QED) is 0.887. The Morgan fingerprint density at radius 3 is 3.11 bits per heavy atom. The molecule has 4 heteroatoms. The smallest absolute Gasteiger partial charge is 0.123 e. The van der Waals surface area contributed by atoms with Gasteiger partial charge in [-0.25, -0.2) is 4.39 Å². The van der Waals surface area contributed by atoms with Crippen molar-refractivity contribution in [3.63, 3.8) is 0 Å². The standard InChI is InChI=1S/C14H18ClFN2/c15-13-4-3-12(16)6-11(13)8-18-7-10-2-1-5-17-14(10)9-18/h3-4,6,10,14,17H,1-2,5,7-9H2. The second-order valence-corrected chi connectivity index (χ2v) is 5.80. The van der Waals surface area contributed by atoms with E-state index in [4.69, 9.17) is 11.6 Å².